The molecule has 1 fully saturated rings. The summed E-state index contributed by atoms with van der Waals surface area (Å²) < 4.78 is 2.59. The molecule has 19 heavy (non-hydrogen) atoms. The number of rotatable bonds is 4. The monoisotopic (exact) mass is 323 g/mol. The molecule has 2 aromatic heterocycles. The van der Waals surface area contributed by atoms with Crippen molar-refractivity contribution in [1.82, 2.24) is 19.9 Å². The maximum absolute atomic E-state index is 11.8. The van der Waals surface area contributed by atoms with Crippen molar-refractivity contribution < 1.29 is 4.79 Å². The van der Waals surface area contributed by atoms with Gasteiger partial charge < -0.3 is 10.6 Å². The first-order valence-corrected chi connectivity index (χ1v) is 7.00. The van der Waals surface area contributed by atoms with Crippen LogP contribution in [0.3, 0.4) is 0 Å². The summed E-state index contributed by atoms with van der Waals surface area (Å²) in [5.74, 6) is 0.444. The summed E-state index contributed by atoms with van der Waals surface area (Å²) in [7, 11) is 0. The van der Waals surface area contributed by atoms with Crippen molar-refractivity contribution in [3.63, 3.8) is 0 Å². The summed E-state index contributed by atoms with van der Waals surface area (Å²) in [5, 5.41) is 10.2. The molecule has 1 atom stereocenters. The van der Waals surface area contributed by atoms with Crippen LogP contribution in [-0.4, -0.2) is 32.6 Å². The van der Waals surface area contributed by atoms with Crippen LogP contribution in [0.4, 0.5) is 5.95 Å². The SMILES string of the molecule is CC(Nc1nc2ccc(Br)cn2n1)C(=O)NC1CC1. The summed E-state index contributed by atoms with van der Waals surface area (Å²) >= 11 is 3.38. The molecule has 0 spiro atoms. The van der Waals surface area contributed by atoms with Crippen LogP contribution >= 0.6 is 15.9 Å². The molecule has 1 aliphatic rings. The minimum atomic E-state index is -0.346. The molecule has 1 saturated carbocycles. The Balaban J connectivity index is 1.71. The highest BCUT2D eigenvalue weighted by molar-refractivity contribution is 9.10. The van der Waals surface area contributed by atoms with Gasteiger partial charge in [0.2, 0.25) is 11.9 Å². The van der Waals surface area contributed by atoms with Gasteiger partial charge in [-0.2, -0.15) is 4.98 Å². The highest BCUT2D eigenvalue weighted by Gasteiger charge is 2.25. The molecule has 0 bridgehead atoms. The second-order valence-corrected chi connectivity index (χ2v) is 5.65. The van der Waals surface area contributed by atoms with Gasteiger partial charge in [-0.25, -0.2) is 4.52 Å². The molecule has 1 amide bonds. The van der Waals surface area contributed by atoms with Gasteiger partial charge in [0.1, 0.15) is 6.04 Å². The number of aromatic nitrogens is 3. The molecular weight excluding hydrogens is 310 g/mol. The van der Waals surface area contributed by atoms with Crippen LogP contribution in [0, 0.1) is 0 Å². The van der Waals surface area contributed by atoms with Gasteiger partial charge in [0.25, 0.3) is 0 Å². The van der Waals surface area contributed by atoms with E-state index in [1.54, 1.807) is 11.4 Å². The Bertz CT molecular complexity index is 622. The topological polar surface area (TPSA) is 71.3 Å². The van der Waals surface area contributed by atoms with Crippen molar-refractivity contribution in [2.45, 2.75) is 31.8 Å². The highest BCUT2D eigenvalue weighted by atomic mass is 79.9. The molecule has 2 heterocycles. The van der Waals surface area contributed by atoms with E-state index >= 15 is 0 Å². The van der Waals surface area contributed by atoms with Gasteiger partial charge in [0, 0.05) is 16.7 Å². The lowest BCUT2D eigenvalue weighted by Crippen LogP contribution is -2.38. The Kier molecular flexibility index (Phi) is 3.14. The van der Waals surface area contributed by atoms with E-state index in [0.717, 1.165) is 23.0 Å². The van der Waals surface area contributed by atoms with Crippen LogP contribution in [0.2, 0.25) is 0 Å². The van der Waals surface area contributed by atoms with E-state index in [2.05, 4.69) is 36.6 Å². The third-order valence-corrected chi connectivity index (χ3v) is 3.43. The molecule has 0 aromatic carbocycles. The molecule has 100 valence electrons. The van der Waals surface area contributed by atoms with Gasteiger partial charge in [0.05, 0.1) is 0 Å². The van der Waals surface area contributed by atoms with Gasteiger partial charge >= 0.3 is 0 Å². The fourth-order valence-corrected chi connectivity index (χ4v) is 2.06. The summed E-state index contributed by atoms with van der Waals surface area (Å²) in [5.41, 5.74) is 0.737. The smallest absolute Gasteiger partial charge is 0.243 e. The molecule has 3 rings (SSSR count). The lowest BCUT2D eigenvalue weighted by atomic mass is 10.3. The van der Waals surface area contributed by atoms with Crippen molar-refractivity contribution >= 4 is 33.4 Å². The second kappa shape index (κ2) is 4.80. The number of nitrogens with one attached hydrogen (secondary N) is 2. The van der Waals surface area contributed by atoms with Crippen molar-refractivity contribution in [2.75, 3.05) is 5.32 Å². The fraction of sp³-hybridized carbons (Fsp3) is 0.417. The van der Waals surface area contributed by atoms with E-state index in [4.69, 9.17) is 0 Å². The molecule has 7 heteroatoms. The van der Waals surface area contributed by atoms with Crippen molar-refractivity contribution in [3.05, 3.63) is 22.8 Å². The number of amides is 1. The van der Waals surface area contributed by atoms with Crippen molar-refractivity contribution in [1.29, 1.82) is 0 Å². The molecule has 0 aliphatic heterocycles. The van der Waals surface area contributed by atoms with E-state index in [-0.39, 0.29) is 11.9 Å². The number of carbonyl (C=O) groups excluding carboxylic acids is 1. The van der Waals surface area contributed by atoms with Gasteiger partial charge in [-0.3, -0.25) is 4.79 Å². The number of carbonyl (C=O) groups is 1. The maximum atomic E-state index is 11.8. The first-order valence-electron chi connectivity index (χ1n) is 6.20. The zero-order valence-corrected chi connectivity index (χ0v) is 12.0. The van der Waals surface area contributed by atoms with E-state index < -0.39 is 0 Å². The van der Waals surface area contributed by atoms with Gasteiger partial charge in [-0.1, -0.05) is 0 Å². The number of halogens is 1. The van der Waals surface area contributed by atoms with Crippen LogP contribution in [-0.2, 0) is 4.79 Å². The Morgan fingerprint density at radius 3 is 3.05 bits per heavy atom. The Hall–Kier alpha value is -1.63. The Morgan fingerprint density at radius 1 is 1.53 bits per heavy atom. The highest BCUT2D eigenvalue weighted by Crippen LogP contribution is 2.19. The lowest BCUT2D eigenvalue weighted by Gasteiger charge is -2.11. The largest absolute Gasteiger partial charge is 0.352 e. The molecule has 1 aliphatic carbocycles. The quantitative estimate of drug-likeness (QED) is 0.896. The molecule has 2 N–H and O–H groups in total. The number of hydrogen-bond acceptors (Lipinski definition) is 4. The van der Waals surface area contributed by atoms with Gasteiger partial charge in [-0.05, 0) is 47.8 Å². The Morgan fingerprint density at radius 2 is 2.32 bits per heavy atom. The number of nitrogens with zero attached hydrogens (tertiary/aromatic N) is 3. The number of anilines is 1. The molecular formula is C12H14BrN5O. The average Bonchev–Trinajstić information content (AvgIpc) is 3.08. The van der Waals surface area contributed by atoms with Crippen molar-refractivity contribution in [3.8, 4) is 0 Å². The van der Waals surface area contributed by atoms with Gasteiger partial charge in [-0.15, -0.1) is 5.10 Å². The van der Waals surface area contributed by atoms with Crippen molar-refractivity contribution in [2.24, 2.45) is 0 Å². The molecule has 2 aromatic rings. The van der Waals surface area contributed by atoms with E-state index in [9.17, 15) is 4.79 Å². The molecule has 0 radical (unpaired) electrons. The zero-order valence-electron chi connectivity index (χ0n) is 10.4. The fourth-order valence-electron chi connectivity index (χ4n) is 1.73. The van der Waals surface area contributed by atoms with Crippen LogP contribution in [0.25, 0.3) is 5.65 Å². The molecule has 0 saturated heterocycles. The minimum absolute atomic E-state index is 0.0115. The second-order valence-electron chi connectivity index (χ2n) is 4.73. The zero-order chi connectivity index (χ0) is 13.4. The van der Waals surface area contributed by atoms with Crippen LogP contribution in [0.5, 0.6) is 0 Å². The predicted octanol–water partition coefficient (Wildman–Crippen LogP) is 1.57. The van der Waals surface area contributed by atoms with Gasteiger partial charge in [0.15, 0.2) is 5.65 Å². The minimum Gasteiger partial charge on any atom is -0.352 e. The first kappa shape index (κ1) is 12.4. The van der Waals surface area contributed by atoms with Crippen LogP contribution in [0.15, 0.2) is 22.8 Å². The van der Waals surface area contributed by atoms with Crippen LogP contribution < -0.4 is 10.6 Å². The maximum Gasteiger partial charge on any atom is 0.243 e. The number of pyridine rings is 1. The van der Waals surface area contributed by atoms with E-state index in [1.165, 1.54) is 0 Å². The normalized spacial score (nSPS) is 16.3. The Labute approximate surface area is 118 Å². The summed E-state index contributed by atoms with van der Waals surface area (Å²) in [6.45, 7) is 1.80. The van der Waals surface area contributed by atoms with Crippen LogP contribution in [0.1, 0.15) is 19.8 Å². The standard InChI is InChI=1S/C12H14BrN5O/c1-7(11(19)15-9-3-4-9)14-12-16-10-5-2-8(13)6-18(10)17-12/h2,5-7,9H,3-4H2,1H3,(H,14,17)(H,15,19). The number of hydrogen-bond donors (Lipinski definition) is 2. The summed E-state index contributed by atoms with van der Waals surface area (Å²) in [6.07, 6.45) is 3.99. The van der Waals surface area contributed by atoms with E-state index in [0.29, 0.717) is 12.0 Å². The average molecular weight is 324 g/mol. The third-order valence-electron chi connectivity index (χ3n) is 2.96. The molecule has 6 nitrogen and oxygen atoms in total. The summed E-state index contributed by atoms with van der Waals surface area (Å²) in [6, 6.07) is 3.77. The predicted molar refractivity (Wildman–Crippen MR) is 74.9 cm³/mol. The number of fused-ring (bicyclic) bond motifs is 1. The lowest BCUT2D eigenvalue weighted by molar-refractivity contribution is -0.121. The third kappa shape index (κ3) is 2.86. The van der Waals surface area contributed by atoms with E-state index in [1.807, 2.05) is 18.3 Å². The molecule has 1 unspecified atom stereocenters. The summed E-state index contributed by atoms with van der Waals surface area (Å²) in [4.78, 5) is 16.1. The first-order chi connectivity index (χ1) is 9.11.